The van der Waals surface area contributed by atoms with Crippen molar-refractivity contribution in [3.05, 3.63) is 47.5 Å². The molecule has 2 heterocycles. The number of nitrogens with zero attached hydrogens (tertiary/aromatic N) is 3. The summed E-state index contributed by atoms with van der Waals surface area (Å²) in [4.78, 5) is 6.11. The normalized spacial score (nSPS) is 16.1. The number of imidazole rings is 1. The first-order valence-electron chi connectivity index (χ1n) is 9.09. The molecule has 2 aromatic rings. The Balaban J connectivity index is 1.75. The molecular formula is C19H25F3N4O. The third-order valence-electron chi connectivity index (χ3n) is 4.69. The molecule has 0 aliphatic carbocycles. The summed E-state index contributed by atoms with van der Waals surface area (Å²) in [5.74, 6) is 0. The highest BCUT2D eigenvalue weighted by Crippen LogP contribution is 2.34. The van der Waals surface area contributed by atoms with Crippen LogP contribution in [0, 0.1) is 0 Å². The van der Waals surface area contributed by atoms with Crippen molar-refractivity contribution in [3.63, 3.8) is 0 Å². The lowest BCUT2D eigenvalue weighted by atomic mass is 10.0. The zero-order chi connectivity index (χ0) is 19.4. The second kappa shape index (κ2) is 8.31. The van der Waals surface area contributed by atoms with Crippen LogP contribution in [-0.4, -0.2) is 40.8 Å². The Morgan fingerprint density at radius 2 is 1.96 bits per heavy atom. The molecule has 27 heavy (non-hydrogen) atoms. The number of alkyl halides is 3. The van der Waals surface area contributed by atoms with Crippen LogP contribution < -0.4 is 5.32 Å². The SMILES string of the molecule is CC(C)n1cncc1CNc1ccc(CN2CCOCC2)c(C(F)(F)F)c1. The van der Waals surface area contributed by atoms with E-state index in [4.69, 9.17) is 4.74 Å². The minimum atomic E-state index is -4.39. The van der Waals surface area contributed by atoms with E-state index in [1.54, 1.807) is 24.7 Å². The van der Waals surface area contributed by atoms with Crippen molar-refractivity contribution in [2.45, 2.75) is 39.2 Å². The summed E-state index contributed by atoms with van der Waals surface area (Å²) in [6.45, 7) is 7.18. The summed E-state index contributed by atoms with van der Waals surface area (Å²) >= 11 is 0. The van der Waals surface area contributed by atoms with E-state index < -0.39 is 11.7 Å². The van der Waals surface area contributed by atoms with Crippen molar-refractivity contribution in [2.75, 3.05) is 31.6 Å². The lowest BCUT2D eigenvalue weighted by Gasteiger charge is -2.28. The number of ether oxygens (including phenoxy) is 1. The first kappa shape index (κ1) is 19.7. The topological polar surface area (TPSA) is 42.3 Å². The standard InChI is InChI=1S/C19H25F3N4O/c1-14(2)26-13-23-10-17(26)11-24-16-4-3-15(18(9-16)19(20,21)22)12-25-5-7-27-8-6-25/h3-4,9-10,13-14,24H,5-8,11-12H2,1-2H3. The smallest absolute Gasteiger partial charge is 0.379 e. The average molecular weight is 382 g/mol. The van der Waals surface area contributed by atoms with Gasteiger partial charge in [-0.05, 0) is 31.5 Å². The molecule has 3 rings (SSSR count). The number of aromatic nitrogens is 2. The Hall–Kier alpha value is -2.06. The predicted octanol–water partition coefficient (Wildman–Crippen LogP) is 3.93. The Bertz CT molecular complexity index is 752. The van der Waals surface area contributed by atoms with Gasteiger partial charge in [-0.25, -0.2) is 4.98 Å². The maximum absolute atomic E-state index is 13.6. The van der Waals surface area contributed by atoms with Crippen LogP contribution in [0.15, 0.2) is 30.7 Å². The fourth-order valence-electron chi connectivity index (χ4n) is 3.21. The van der Waals surface area contributed by atoms with E-state index >= 15 is 0 Å². The Kier molecular flexibility index (Phi) is 6.06. The van der Waals surface area contributed by atoms with Gasteiger partial charge in [-0.3, -0.25) is 4.90 Å². The highest BCUT2D eigenvalue weighted by molar-refractivity contribution is 5.50. The quantitative estimate of drug-likeness (QED) is 0.822. The molecule has 5 nitrogen and oxygen atoms in total. The van der Waals surface area contributed by atoms with Crippen LogP contribution >= 0.6 is 0 Å². The number of anilines is 1. The van der Waals surface area contributed by atoms with Gasteiger partial charge in [0.25, 0.3) is 0 Å². The van der Waals surface area contributed by atoms with E-state index in [0.29, 0.717) is 44.1 Å². The van der Waals surface area contributed by atoms with Gasteiger partial charge in [0.05, 0.1) is 37.3 Å². The van der Waals surface area contributed by atoms with Crippen LogP contribution in [-0.2, 0) is 24.0 Å². The van der Waals surface area contributed by atoms with Gasteiger partial charge < -0.3 is 14.6 Å². The predicted molar refractivity (Wildman–Crippen MR) is 97.5 cm³/mol. The summed E-state index contributed by atoms with van der Waals surface area (Å²) in [6, 6.07) is 4.72. The molecule has 0 atom stereocenters. The summed E-state index contributed by atoms with van der Waals surface area (Å²) in [6.07, 6.45) is -0.933. The largest absolute Gasteiger partial charge is 0.416 e. The molecule has 0 radical (unpaired) electrons. The van der Waals surface area contributed by atoms with E-state index in [9.17, 15) is 13.2 Å². The van der Waals surface area contributed by atoms with Crippen LogP contribution in [0.4, 0.5) is 18.9 Å². The molecule has 0 unspecified atom stereocenters. The Morgan fingerprint density at radius 1 is 1.22 bits per heavy atom. The van der Waals surface area contributed by atoms with Crippen molar-refractivity contribution in [2.24, 2.45) is 0 Å². The molecular weight excluding hydrogens is 357 g/mol. The molecule has 148 valence electrons. The van der Waals surface area contributed by atoms with Gasteiger partial charge >= 0.3 is 6.18 Å². The molecule has 0 spiro atoms. The monoisotopic (exact) mass is 382 g/mol. The van der Waals surface area contributed by atoms with Gasteiger partial charge in [-0.2, -0.15) is 13.2 Å². The molecule has 1 fully saturated rings. The van der Waals surface area contributed by atoms with Gasteiger partial charge in [-0.15, -0.1) is 0 Å². The molecule has 1 aliphatic heterocycles. The van der Waals surface area contributed by atoms with Crippen LogP contribution in [0.5, 0.6) is 0 Å². The van der Waals surface area contributed by atoms with Gasteiger partial charge in [-0.1, -0.05) is 6.07 Å². The van der Waals surface area contributed by atoms with Gasteiger partial charge in [0, 0.05) is 37.6 Å². The van der Waals surface area contributed by atoms with E-state index in [2.05, 4.69) is 10.3 Å². The summed E-state index contributed by atoms with van der Waals surface area (Å²) in [5.41, 5.74) is 1.08. The first-order chi connectivity index (χ1) is 12.8. The van der Waals surface area contributed by atoms with Crippen molar-refractivity contribution in [1.29, 1.82) is 0 Å². The second-order valence-electron chi connectivity index (χ2n) is 7.00. The Labute approximate surface area is 157 Å². The van der Waals surface area contributed by atoms with E-state index in [1.807, 2.05) is 23.3 Å². The number of benzene rings is 1. The molecule has 1 aromatic heterocycles. The highest BCUT2D eigenvalue weighted by atomic mass is 19.4. The fraction of sp³-hybridized carbons (Fsp3) is 0.526. The van der Waals surface area contributed by atoms with Crippen LogP contribution in [0.3, 0.4) is 0 Å². The Morgan fingerprint density at radius 3 is 2.63 bits per heavy atom. The maximum atomic E-state index is 13.6. The third kappa shape index (κ3) is 5.01. The number of halogens is 3. The zero-order valence-corrected chi connectivity index (χ0v) is 15.6. The summed E-state index contributed by atoms with van der Waals surface area (Å²) in [7, 11) is 0. The lowest BCUT2D eigenvalue weighted by molar-refractivity contribution is -0.138. The van der Waals surface area contributed by atoms with Crippen LogP contribution in [0.2, 0.25) is 0 Å². The maximum Gasteiger partial charge on any atom is 0.416 e. The first-order valence-corrected chi connectivity index (χ1v) is 9.09. The van der Waals surface area contributed by atoms with E-state index in [0.717, 1.165) is 5.69 Å². The number of morpholine rings is 1. The molecule has 1 N–H and O–H groups in total. The third-order valence-corrected chi connectivity index (χ3v) is 4.69. The number of nitrogens with one attached hydrogen (secondary N) is 1. The summed E-state index contributed by atoms with van der Waals surface area (Å²) in [5, 5.41) is 3.09. The van der Waals surface area contributed by atoms with E-state index in [1.165, 1.54) is 6.07 Å². The van der Waals surface area contributed by atoms with Crippen molar-refractivity contribution >= 4 is 5.69 Å². The molecule has 0 amide bonds. The molecule has 1 saturated heterocycles. The average Bonchev–Trinajstić information content (AvgIpc) is 3.10. The molecule has 1 aromatic carbocycles. The number of hydrogen-bond acceptors (Lipinski definition) is 4. The second-order valence-corrected chi connectivity index (χ2v) is 7.00. The minimum Gasteiger partial charge on any atom is -0.379 e. The molecule has 8 heteroatoms. The fourth-order valence-corrected chi connectivity index (χ4v) is 3.21. The van der Waals surface area contributed by atoms with Gasteiger partial charge in [0.2, 0.25) is 0 Å². The van der Waals surface area contributed by atoms with Gasteiger partial charge in [0.15, 0.2) is 0 Å². The lowest BCUT2D eigenvalue weighted by Crippen LogP contribution is -2.36. The minimum absolute atomic E-state index is 0.242. The highest BCUT2D eigenvalue weighted by Gasteiger charge is 2.34. The molecule has 1 aliphatic rings. The number of rotatable bonds is 6. The van der Waals surface area contributed by atoms with Crippen molar-refractivity contribution in [1.82, 2.24) is 14.5 Å². The zero-order valence-electron chi connectivity index (χ0n) is 15.6. The number of hydrogen-bond donors (Lipinski definition) is 1. The van der Waals surface area contributed by atoms with Crippen LogP contribution in [0.1, 0.15) is 36.7 Å². The molecule has 0 saturated carbocycles. The molecule has 0 bridgehead atoms. The van der Waals surface area contributed by atoms with Crippen molar-refractivity contribution < 1.29 is 17.9 Å². The summed E-state index contributed by atoms with van der Waals surface area (Å²) < 4.78 is 48.0. The van der Waals surface area contributed by atoms with E-state index in [-0.39, 0.29) is 12.6 Å². The van der Waals surface area contributed by atoms with Crippen molar-refractivity contribution in [3.8, 4) is 0 Å². The van der Waals surface area contributed by atoms with Crippen LogP contribution in [0.25, 0.3) is 0 Å². The van der Waals surface area contributed by atoms with Gasteiger partial charge in [0.1, 0.15) is 0 Å².